The molecule has 0 atom stereocenters. The summed E-state index contributed by atoms with van der Waals surface area (Å²) in [6, 6.07) is 12.8. The summed E-state index contributed by atoms with van der Waals surface area (Å²) in [5.74, 6) is -0.503. The highest BCUT2D eigenvalue weighted by atomic mass is 19.1. The molecule has 0 radical (unpaired) electrons. The van der Waals surface area contributed by atoms with Crippen molar-refractivity contribution in [3.8, 4) is 17.0 Å². The average molecular weight is 283 g/mol. The third-order valence-electron chi connectivity index (χ3n) is 3.70. The maximum Gasteiger partial charge on any atom is 0.150 e. The van der Waals surface area contributed by atoms with Crippen LogP contribution in [0.4, 0.5) is 4.39 Å². The van der Waals surface area contributed by atoms with Crippen LogP contribution in [-0.4, -0.2) is 10.1 Å². The number of rotatable bonds is 1. The normalized spacial score (nSPS) is 12.0. The Balaban J connectivity index is 2.15. The number of aromatic nitrogens is 1. The quantitative estimate of drug-likeness (QED) is 0.649. The standard InChI is InChI=1S/C18H18FNO/c1-18(2,3)13-6-4-5-11(7-13)16-9-12-8-14(21)10-15(19)17(12)20-16/h4-10,20-21H,1-3H3. The van der Waals surface area contributed by atoms with Crippen molar-refractivity contribution in [1.29, 1.82) is 0 Å². The van der Waals surface area contributed by atoms with Gasteiger partial charge in [-0.25, -0.2) is 4.39 Å². The predicted octanol–water partition coefficient (Wildman–Crippen LogP) is 4.98. The molecule has 2 nitrogen and oxygen atoms in total. The minimum Gasteiger partial charge on any atom is -0.508 e. The molecule has 3 rings (SSSR count). The average Bonchev–Trinajstić information content (AvgIpc) is 2.82. The second-order valence-corrected chi connectivity index (χ2v) is 6.41. The van der Waals surface area contributed by atoms with Gasteiger partial charge in [-0.15, -0.1) is 0 Å². The molecular weight excluding hydrogens is 265 g/mol. The van der Waals surface area contributed by atoms with Gasteiger partial charge in [-0.05, 0) is 34.7 Å². The van der Waals surface area contributed by atoms with Crippen LogP contribution in [0.15, 0.2) is 42.5 Å². The van der Waals surface area contributed by atoms with Gasteiger partial charge in [0.25, 0.3) is 0 Å². The Morgan fingerprint density at radius 3 is 2.52 bits per heavy atom. The highest BCUT2D eigenvalue weighted by molar-refractivity contribution is 5.87. The molecule has 3 aromatic rings. The lowest BCUT2D eigenvalue weighted by Crippen LogP contribution is -2.10. The second-order valence-electron chi connectivity index (χ2n) is 6.41. The SMILES string of the molecule is CC(C)(C)c1cccc(-c2cc3cc(O)cc(F)c3[nH]2)c1. The molecule has 0 aliphatic rings. The van der Waals surface area contributed by atoms with Crippen LogP contribution in [0.1, 0.15) is 26.3 Å². The molecule has 0 unspecified atom stereocenters. The molecule has 2 N–H and O–H groups in total. The van der Waals surface area contributed by atoms with Crippen molar-refractivity contribution in [2.75, 3.05) is 0 Å². The number of H-pyrrole nitrogens is 1. The van der Waals surface area contributed by atoms with Gasteiger partial charge in [-0.2, -0.15) is 0 Å². The monoisotopic (exact) mass is 283 g/mol. The van der Waals surface area contributed by atoms with Crippen molar-refractivity contribution in [2.45, 2.75) is 26.2 Å². The molecule has 0 saturated carbocycles. The van der Waals surface area contributed by atoms with E-state index in [0.29, 0.717) is 10.9 Å². The topological polar surface area (TPSA) is 36.0 Å². The van der Waals surface area contributed by atoms with E-state index in [4.69, 9.17) is 0 Å². The Morgan fingerprint density at radius 2 is 1.81 bits per heavy atom. The largest absolute Gasteiger partial charge is 0.508 e. The van der Waals surface area contributed by atoms with Crippen LogP contribution in [0.3, 0.4) is 0 Å². The highest BCUT2D eigenvalue weighted by Crippen LogP contribution is 2.31. The zero-order chi connectivity index (χ0) is 15.2. The first-order valence-corrected chi connectivity index (χ1v) is 6.97. The Hall–Kier alpha value is -2.29. The van der Waals surface area contributed by atoms with Crippen LogP contribution in [0, 0.1) is 5.82 Å². The lowest BCUT2D eigenvalue weighted by Gasteiger charge is -2.19. The smallest absolute Gasteiger partial charge is 0.150 e. The van der Waals surface area contributed by atoms with Gasteiger partial charge in [0.15, 0.2) is 5.82 Å². The molecule has 0 spiro atoms. The molecule has 0 fully saturated rings. The first-order chi connectivity index (χ1) is 9.84. The predicted molar refractivity (Wildman–Crippen MR) is 84.1 cm³/mol. The Bertz CT molecular complexity index is 812. The van der Waals surface area contributed by atoms with Crippen molar-refractivity contribution in [1.82, 2.24) is 4.98 Å². The van der Waals surface area contributed by atoms with Crippen LogP contribution in [0.2, 0.25) is 0 Å². The van der Waals surface area contributed by atoms with Crippen molar-refractivity contribution in [2.24, 2.45) is 0 Å². The van der Waals surface area contributed by atoms with E-state index in [2.05, 4.69) is 37.9 Å². The second kappa shape index (κ2) is 4.62. The molecule has 0 amide bonds. The summed E-state index contributed by atoms with van der Waals surface area (Å²) in [4.78, 5) is 3.10. The van der Waals surface area contributed by atoms with E-state index < -0.39 is 5.82 Å². The van der Waals surface area contributed by atoms with Crippen molar-refractivity contribution < 1.29 is 9.50 Å². The minimum atomic E-state index is -0.441. The molecule has 1 heterocycles. The molecule has 0 saturated heterocycles. The molecule has 2 aromatic carbocycles. The lowest BCUT2D eigenvalue weighted by molar-refractivity contribution is 0.471. The van der Waals surface area contributed by atoms with E-state index in [9.17, 15) is 9.50 Å². The number of phenols is 1. The molecule has 108 valence electrons. The lowest BCUT2D eigenvalue weighted by atomic mass is 9.86. The van der Waals surface area contributed by atoms with Gasteiger partial charge in [0.05, 0.1) is 5.52 Å². The summed E-state index contributed by atoms with van der Waals surface area (Å²) in [5, 5.41) is 10.2. The number of fused-ring (bicyclic) bond motifs is 1. The van der Waals surface area contributed by atoms with E-state index in [1.54, 1.807) is 6.07 Å². The first kappa shape index (κ1) is 13.7. The third-order valence-corrected chi connectivity index (χ3v) is 3.70. The van der Waals surface area contributed by atoms with Gasteiger partial charge in [-0.3, -0.25) is 0 Å². The first-order valence-electron chi connectivity index (χ1n) is 6.97. The van der Waals surface area contributed by atoms with Crippen LogP contribution in [0.5, 0.6) is 5.75 Å². The molecule has 3 heteroatoms. The minimum absolute atomic E-state index is 0.0611. The van der Waals surface area contributed by atoms with Crippen LogP contribution < -0.4 is 0 Å². The fourth-order valence-corrected chi connectivity index (χ4v) is 2.49. The third kappa shape index (κ3) is 2.51. The number of halogens is 1. The van der Waals surface area contributed by atoms with Gasteiger partial charge >= 0.3 is 0 Å². The number of benzene rings is 2. The van der Waals surface area contributed by atoms with Crippen LogP contribution >= 0.6 is 0 Å². The maximum absolute atomic E-state index is 13.9. The Morgan fingerprint density at radius 1 is 1.05 bits per heavy atom. The van der Waals surface area contributed by atoms with E-state index in [0.717, 1.165) is 17.3 Å². The zero-order valence-electron chi connectivity index (χ0n) is 12.4. The fraction of sp³-hybridized carbons (Fsp3) is 0.222. The van der Waals surface area contributed by atoms with Gasteiger partial charge in [0.2, 0.25) is 0 Å². The van der Waals surface area contributed by atoms with Gasteiger partial charge < -0.3 is 10.1 Å². The van der Waals surface area contributed by atoms with E-state index in [1.165, 1.54) is 5.56 Å². The van der Waals surface area contributed by atoms with Crippen LogP contribution in [0.25, 0.3) is 22.2 Å². The summed E-state index contributed by atoms with van der Waals surface area (Å²) in [6.45, 7) is 6.49. The Labute approximate surface area is 123 Å². The molecule has 21 heavy (non-hydrogen) atoms. The van der Waals surface area contributed by atoms with Crippen molar-refractivity contribution in [3.63, 3.8) is 0 Å². The van der Waals surface area contributed by atoms with E-state index in [-0.39, 0.29) is 11.2 Å². The summed E-state index contributed by atoms with van der Waals surface area (Å²) in [7, 11) is 0. The van der Waals surface area contributed by atoms with Gasteiger partial charge in [-0.1, -0.05) is 39.0 Å². The van der Waals surface area contributed by atoms with Gasteiger partial charge in [0.1, 0.15) is 5.75 Å². The molecule has 0 bridgehead atoms. The molecule has 1 aromatic heterocycles. The maximum atomic E-state index is 13.9. The summed E-state index contributed by atoms with van der Waals surface area (Å²) >= 11 is 0. The number of aromatic amines is 1. The highest BCUT2D eigenvalue weighted by Gasteiger charge is 2.15. The fourth-order valence-electron chi connectivity index (χ4n) is 2.49. The van der Waals surface area contributed by atoms with Gasteiger partial charge in [0, 0.05) is 17.1 Å². The Kier molecular flexibility index (Phi) is 3.01. The number of nitrogens with one attached hydrogen (secondary N) is 1. The van der Waals surface area contributed by atoms with E-state index >= 15 is 0 Å². The number of hydrogen-bond acceptors (Lipinski definition) is 1. The summed E-state index contributed by atoms with van der Waals surface area (Å²) < 4.78 is 13.9. The number of phenolic OH excluding ortho intramolecular Hbond substituents is 1. The number of aromatic hydroxyl groups is 1. The van der Waals surface area contributed by atoms with Crippen molar-refractivity contribution in [3.05, 3.63) is 53.8 Å². The van der Waals surface area contributed by atoms with Crippen LogP contribution in [-0.2, 0) is 5.41 Å². The summed E-state index contributed by atoms with van der Waals surface area (Å²) in [6.07, 6.45) is 0. The molecular formula is C18H18FNO. The molecule has 0 aliphatic carbocycles. The van der Waals surface area contributed by atoms with Crippen molar-refractivity contribution >= 4 is 10.9 Å². The number of hydrogen-bond donors (Lipinski definition) is 2. The zero-order valence-corrected chi connectivity index (χ0v) is 12.4. The molecule has 0 aliphatic heterocycles. The van der Waals surface area contributed by atoms with E-state index in [1.807, 2.05) is 18.2 Å². The summed E-state index contributed by atoms with van der Waals surface area (Å²) in [5.41, 5.74) is 3.56.